The van der Waals surface area contributed by atoms with Crippen molar-refractivity contribution in [2.24, 2.45) is 10.2 Å². The van der Waals surface area contributed by atoms with Crippen molar-refractivity contribution in [3.05, 3.63) is 89.5 Å². The molecule has 0 spiro atoms. The summed E-state index contributed by atoms with van der Waals surface area (Å²) in [4.78, 5) is 0. The second kappa shape index (κ2) is 9.10. The van der Waals surface area contributed by atoms with Crippen LogP contribution < -0.4 is 5.32 Å². The highest BCUT2D eigenvalue weighted by Crippen LogP contribution is 2.39. The molecule has 0 aliphatic carbocycles. The van der Waals surface area contributed by atoms with Crippen LogP contribution in [-0.2, 0) is 13.0 Å². The maximum absolute atomic E-state index is 11.0. The maximum Gasteiger partial charge on any atom is 0.221 e. The summed E-state index contributed by atoms with van der Waals surface area (Å²) >= 11 is 5.38. The van der Waals surface area contributed by atoms with Gasteiger partial charge in [0.25, 0.3) is 0 Å². The van der Waals surface area contributed by atoms with Gasteiger partial charge >= 0.3 is 0 Å². The molecule has 6 heteroatoms. The number of nitrogens with zero attached hydrogens (tertiary/aromatic N) is 3. The number of hydrogen-bond donors (Lipinski definition) is 2. The van der Waals surface area contributed by atoms with Gasteiger partial charge < -0.3 is 15.0 Å². The van der Waals surface area contributed by atoms with Gasteiger partial charge in [0.15, 0.2) is 5.69 Å². The van der Waals surface area contributed by atoms with Gasteiger partial charge in [0.05, 0.1) is 12.1 Å². The van der Waals surface area contributed by atoms with Crippen molar-refractivity contribution < 1.29 is 5.11 Å². The van der Waals surface area contributed by atoms with Crippen LogP contribution in [-0.4, -0.2) is 14.8 Å². The number of azo groups is 1. The Bertz CT molecular complexity index is 1280. The molecule has 0 amide bonds. The lowest BCUT2D eigenvalue weighted by Gasteiger charge is -2.09. The molecule has 1 heterocycles. The minimum atomic E-state index is 0.0740. The van der Waals surface area contributed by atoms with E-state index in [0.717, 1.165) is 34.1 Å². The summed E-state index contributed by atoms with van der Waals surface area (Å²) in [6.07, 6.45) is 0.885. The van der Waals surface area contributed by atoms with Crippen molar-refractivity contribution in [2.75, 3.05) is 5.32 Å². The second-order valence-electron chi connectivity index (χ2n) is 7.34. The normalized spacial score (nSPS) is 11.3. The summed E-state index contributed by atoms with van der Waals surface area (Å²) in [5, 5.41) is 23.7. The van der Waals surface area contributed by atoms with E-state index in [0.29, 0.717) is 12.2 Å². The molecule has 0 atom stereocenters. The second-order valence-corrected chi connectivity index (χ2v) is 7.73. The van der Waals surface area contributed by atoms with Gasteiger partial charge in [-0.05, 0) is 54.4 Å². The molecule has 0 saturated carbocycles. The molecule has 0 aliphatic rings. The summed E-state index contributed by atoms with van der Waals surface area (Å²) in [6, 6.07) is 23.9. The Hall–Kier alpha value is -3.51. The number of anilines is 1. The highest BCUT2D eigenvalue weighted by atomic mass is 32.1. The summed E-state index contributed by atoms with van der Waals surface area (Å²) in [7, 11) is 0. The average Bonchev–Trinajstić information content (AvgIpc) is 3.05. The largest absolute Gasteiger partial charge is 0.493 e. The Balaban J connectivity index is 1.66. The molecular weight excluding hydrogens is 404 g/mol. The fourth-order valence-corrected chi connectivity index (χ4v) is 3.83. The Labute approximate surface area is 187 Å². The third-order valence-electron chi connectivity index (χ3n) is 5.39. The van der Waals surface area contributed by atoms with E-state index in [1.807, 2.05) is 65.2 Å². The van der Waals surface area contributed by atoms with E-state index in [9.17, 15) is 5.11 Å². The fourth-order valence-electron chi connectivity index (χ4n) is 3.67. The number of nitrogens with one attached hydrogen (secondary N) is 1. The van der Waals surface area contributed by atoms with Gasteiger partial charge in [-0.25, -0.2) is 0 Å². The van der Waals surface area contributed by atoms with Crippen molar-refractivity contribution >= 4 is 39.6 Å². The van der Waals surface area contributed by atoms with Gasteiger partial charge in [-0.1, -0.05) is 67.6 Å². The first-order chi connectivity index (χ1) is 15.1. The van der Waals surface area contributed by atoms with E-state index in [-0.39, 0.29) is 11.0 Å². The molecule has 5 nitrogen and oxygen atoms in total. The summed E-state index contributed by atoms with van der Waals surface area (Å²) in [5.74, 6) is 0.0740. The van der Waals surface area contributed by atoms with E-state index in [1.54, 1.807) is 0 Å². The van der Waals surface area contributed by atoms with Gasteiger partial charge in [-0.3, -0.25) is 0 Å². The van der Waals surface area contributed by atoms with Crippen LogP contribution in [0.1, 0.15) is 23.6 Å². The number of fused-ring (bicyclic) bond motifs is 1. The van der Waals surface area contributed by atoms with Crippen LogP contribution in [0.25, 0.3) is 10.9 Å². The molecule has 0 aliphatic heterocycles. The van der Waals surface area contributed by atoms with E-state index < -0.39 is 0 Å². The predicted molar refractivity (Wildman–Crippen MR) is 130 cm³/mol. The molecule has 31 heavy (non-hydrogen) atoms. The lowest BCUT2D eigenvalue weighted by molar-refractivity contribution is 0.429. The highest BCUT2D eigenvalue weighted by Gasteiger charge is 2.17. The SMILES string of the molecule is CCc1ccccc1NC(=S)N=Nc1c(O)n(Cc2ccccc2C)c2ccccc12. The first-order valence-corrected chi connectivity index (χ1v) is 10.6. The van der Waals surface area contributed by atoms with Crippen LogP contribution in [0.3, 0.4) is 0 Å². The molecule has 0 unspecified atom stereocenters. The molecule has 0 saturated heterocycles. The zero-order valence-electron chi connectivity index (χ0n) is 17.5. The number of benzene rings is 3. The first-order valence-electron chi connectivity index (χ1n) is 10.2. The summed E-state index contributed by atoms with van der Waals surface area (Å²) < 4.78 is 1.86. The van der Waals surface area contributed by atoms with Gasteiger partial charge in [-0.15, -0.1) is 10.2 Å². The van der Waals surface area contributed by atoms with Crippen LogP contribution in [0.2, 0.25) is 0 Å². The van der Waals surface area contributed by atoms with Gasteiger partial charge in [0.1, 0.15) is 0 Å². The van der Waals surface area contributed by atoms with Crippen molar-refractivity contribution in [3.63, 3.8) is 0 Å². The number of para-hydroxylation sites is 2. The molecule has 1 aromatic heterocycles. The lowest BCUT2D eigenvalue weighted by Crippen LogP contribution is -2.07. The van der Waals surface area contributed by atoms with Gasteiger partial charge in [0, 0.05) is 11.1 Å². The third-order valence-corrected chi connectivity index (χ3v) is 5.57. The lowest BCUT2D eigenvalue weighted by atomic mass is 10.1. The molecule has 0 bridgehead atoms. The van der Waals surface area contributed by atoms with Crippen LogP contribution in [0.5, 0.6) is 5.88 Å². The highest BCUT2D eigenvalue weighted by molar-refractivity contribution is 7.80. The summed E-state index contributed by atoms with van der Waals surface area (Å²) in [5.41, 5.74) is 5.68. The molecule has 156 valence electrons. The van der Waals surface area contributed by atoms with Crippen molar-refractivity contribution in [3.8, 4) is 5.88 Å². The topological polar surface area (TPSA) is 61.9 Å². The molecule has 3 aromatic carbocycles. The minimum Gasteiger partial charge on any atom is -0.493 e. The predicted octanol–water partition coefficient (Wildman–Crippen LogP) is 6.75. The zero-order valence-corrected chi connectivity index (χ0v) is 18.4. The molecule has 0 fully saturated rings. The number of thiocarbonyl (C=S) groups is 1. The maximum atomic E-state index is 11.0. The van der Waals surface area contributed by atoms with Crippen LogP contribution in [0.4, 0.5) is 11.4 Å². The number of aromatic hydroxyl groups is 1. The van der Waals surface area contributed by atoms with Gasteiger partial charge in [0.2, 0.25) is 11.0 Å². The molecule has 2 N–H and O–H groups in total. The van der Waals surface area contributed by atoms with E-state index >= 15 is 0 Å². The van der Waals surface area contributed by atoms with Crippen LogP contribution >= 0.6 is 12.2 Å². The Morgan fingerprint density at radius 3 is 2.42 bits per heavy atom. The Morgan fingerprint density at radius 1 is 0.968 bits per heavy atom. The van der Waals surface area contributed by atoms with Gasteiger partial charge in [-0.2, -0.15) is 0 Å². The monoisotopic (exact) mass is 428 g/mol. The van der Waals surface area contributed by atoms with E-state index in [4.69, 9.17) is 12.2 Å². The number of hydrogen-bond acceptors (Lipinski definition) is 3. The standard InChI is InChI=1S/C25H24N4OS/c1-3-18-11-6-8-14-21(18)26-25(31)28-27-23-20-13-7-9-15-22(20)29(24(23)30)16-19-12-5-4-10-17(19)2/h4-15,30H,3,16H2,1-2H3,(H,26,31). The molecule has 0 radical (unpaired) electrons. The van der Waals surface area contributed by atoms with E-state index in [1.165, 1.54) is 5.56 Å². The molecular formula is C25H24N4OS. The first kappa shape index (κ1) is 20.8. The molecule has 4 aromatic rings. The van der Waals surface area contributed by atoms with E-state index in [2.05, 4.69) is 41.5 Å². The number of aromatic nitrogens is 1. The third kappa shape index (κ3) is 4.34. The van der Waals surface area contributed by atoms with Crippen molar-refractivity contribution in [1.82, 2.24) is 4.57 Å². The molecule has 4 rings (SSSR count). The zero-order chi connectivity index (χ0) is 21.8. The number of aryl methyl sites for hydroxylation is 2. The Kier molecular flexibility index (Phi) is 6.09. The fraction of sp³-hybridized carbons (Fsp3) is 0.160. The average molecular weight is 429 g/mol. The van der Waals surface area contributed by atoms with Crippen LogP contribution in [0.15, 0.2) is 83.0 Å². The van der Waals surface area contributed by atoms with Crippen molar-refractivity contribution in [1.29, 1.82) is 0 Å². The minimum absolute atomic E-state index is 0.0740. The van der Waals surface area contributed by atoms with Crippen molar-refractivity contribution in [2.45, 2.75) is 26.8 Å². The number of rotatable bonds is 5. The summed E-state index contributed by atoms with van der Waals surface area (Å²) in [6.45, 7) is 4.70. The Morgan fingerprint density at radius 2 is 1.65 bits per heavy atom. The van der Waals surface area contributed by atoms with Crippen LogP contribution in [0, 0.1) is 6.92 Å². The quantitative estimate of drug-likeness (QED) is 0.273. The smallest absolute Gasteiger partial charge is 0.221 e.